The smallest absolute Gasteiger partial charge is 0.300 e. The van der Waals surface area contributed by atoms with Gasteiger partial charge in [-0.1, -0.05) is 24.1 Å². The molecule has 1 N–H and O–H groups in total. The van der Waals surface area contributed by atoms with E-state index in [1.165, 1.54) is 0 Å². The van der Waals surface area contributed by atoms with Gasteiger partial charge in [-0.05, 0) is 24.3 Å². The summed E-state index contributed by atoms with van der Waals surface area (Å²) < 4.78 is 0. The van der Waals surface area contributed by atoms with Gasteiger partial charge in [-0.25, -0.2) is 0 Å². The highest BCUT2D eigenvalue weighted by Crippen LogP contribution is 2.01. The molecule has 0 fully saturated rings. The van der Waals surface area contributed by atoms with Crippen LogP contribution in [0.5, 0.6) is 0 Å². The maximum atomic E-state index is 11.5. The fourth-order valence-corrected chi connectivity index (χ4v) is 1.25. The zero-order chi connectivity index (χ0) is 11.9. The van der Waals surface area contributed by atoms with E-state index < -0.39 is 0 Å². The number of nitrogens with one attached hydrogen (secondary N) is 1. The van der Waals surface area contributed by atoms with Crippen molar-refractivity contribution >= 4 is 11.6 Å². The predicted molar refractivity (Wildman–Crippen MR) is 66.2 cm³/mol. The Morgan fingerprint density at radius 3 is 2.65 bits per heavy atom. The Labute approximate surface area is 99.5 Å². The molecule has 1 amide bonds. The van der Waals surface area contributed by atoms with E-state index in [1.807, 2.05) is 30.3 Å². The molecule has 0 aliphatic rings. The van der Waals surface area contributed by atoms with Crippen LogP contribution in [0.1, 0.15) is 5.56 Å². The molecule has 82 valence electrons. The fourth-order valence-electron chi connectivity index (χ4n) is 1.25. The number of carbonyl (C=O) groups excluding carboxylic acids is 1. The second-order valence-corrected chi connectivity index (χ2v) is 3.31. The standard InChI is InChI=1S/C14H10N2O/c17-14(16-13-7-4-10-15-11-13)9-8-12-5-2-1-3-6-12/h1-7,10-11H,(H,16,17). The molecule has 1 aromatic heterocycles. The van der Waals surface area contributed by atoms with Crippen molar-refractivity contribution in [3.8, 4) is 11.8 Å². The van der Waals surface area contributed by atoms with Gasteiger partial charge in [-0.3, -0.25) is 9.78 Å². The molecule has 0 atom stereocenters. The number of amides is 1. The Hall–Kier alpha value is -2.60. The van der Waals surface area contributed by atoms with E-state index in [9.17, 15) is 4.79 Å². The van der Waals surface area contributed by atoms with Crippen molar-refractivity contribution in [1.29, 1.82) is 0 Å². The number of rotatable bonds is 1. The Morgan fingerprint density at radius 2 is 1.94 bits per heavy atom. The molecule has 0 aliphatic heterocycles. The van der Waals surface area contributed by atoms with Gasteiger partial charge in [0, 0.05) is 17.7 Å². The number of hydrogen-bond donors (Lipinski definition) is 1. The molecule has 2 rings (SSSR count). The van der Waals surface area contributed by atoms with Crippen LogP contribution in [-0.2, 0) is 4.79 Å². The third-order valence-corrected chi connectivity index (χ3v) is 2.01. The number of pyridine rings is 1. The first-order valence-electron chi connectivity index (χ1n) is 5.13. The van der Waals surface area contributed by atoms with Crippen molar-refractivity contribution in [3.63, 3.8) is 0 Å². The molecule has 0 saturated heterocycles. The highest BCUT2D eigenvalue weighted by molar-refractivity contribution is 6.04. The average Bonchev–Trinajstić information content (AvgIpc) is 2.39. The van der Waals surface area contributed by atoms with E-state index in [2.05, 4.69) is 22.1 Å². The molecule has 3 heteroatoms. The zero-order valence-electron chi connectivity index (χ0n) is 9.05. The first kappa shape index (κ1) is 10.9. The summed E-state index contributed by atoms with van der Waals surface area (Å²) in [5, 5.41) is 2.64. The van der Waals surface area contributed by atoms with Gasteiger partial charge in [0.1, 0.15) is 0 Å². The van der Waals surface area contributed by atoms with Gasteiger partial charge >= 0.3 is 5.91 Å². The monoisotopic (exact) mass is 222 g/mol. The molecular formula is C14H10N2O. The number of aromatic nitrogens is 1. The molecule has 0 spiro atoms. The van der Waals surface area contributed by atoms with Gasteiger partial charge in [-0.2, -0.15) is 0 Å². The number of carbonyl (C=O) groups is 1. The summed E-state index contributed by atoms with van der Waals surface area (Å²) in [7, 11) is 0. The van der Waals surface area contributed by atoms with E-state index in [4.69, 9.17) is 0 Å². The van der Waals surface area contributed by atoms with Gasteiger partial charge in [0.05, 0.1) is 11.9 Å². The minimum Gasteiger partial charge on any atom is -0.314 e. The third kappa shape index (κ3) is 3.47. The van der Waals surface area contributed by atoms with Crippen LogP contribution in [-0.4, -0.2) is 10.9 Å². The van der Waals surface area contributed by atoms with Crippen LogP contribution in [0.15, 0.2) is 54.9 Å². The molecule has 0 unspecified atom stereocenters. The van der Waals surface area contributed by atoms with E-state index in [0.29, 0.717) is 5.69 Å². The van der Waals surface area contributed by atoms with Crippen molar-refractivity contribution in [3.05, 3.63) is 60.4 Å². The molecule has 1 heterocycles. The van der Waals surface area contributed by atoms with Crippen molar-refractivity contribution in [2.24, 2.45) is 0 Å². The molecule has 0 bridgehead atoms. The highest BCUT2D eigenvalue weighted by atomic mass is 16.1. The molecule has 0 saturated carbocycles. The van der Waals surface area contributed by atoms with Crippen LogP contribution in [0.3, 0.4) is 0 Å². The van der Waals surface area contributed by atoms with Crippen LogP contribution in [0.2, 0.25) is 0 Å². The van der Waals surface area contributed by atoms with Crippen LogP contribution in [0.4, 0.5) is 5.69 Å². The van der Waals surface area contributed by atoms with E-state index in [0.717, 1.165) is 5.56 Å². The number of benzene rings is 1. The van der Waals surface area contributed by atoms with Crippen LogP contribution >= 0.6 is 0 Å². The van der Waals surface area contributed by atoms with E-state index in [-0.39, 0.29) is 5.91 Å². The van der Waals surface area contributed by atoms with Gasteiger partial charge in [0.25, 0.3) is 0 Å². The number of hydrogen-bond acceptors (Lipinski definition) is 2. The minimum atomic E-state index is -0.346. The van der Waals surface area contributed by atoms with Crippen molar-refractivity contribution in [1.82, 2.24) is 4.98 Å². The van der Waals surface area contributed by atoms with Crippen LogP contribution < -0.4 is 5.32 Å². The summed E-state index contributed by atoms with van der Waals surface area (Å²) in [6.45, 7) is 0. The lowest BCUT2D eigenvalue weighted by atomic mass is 10.2. The minimum absolute atomic E-state index is 0.346. The first-order valence-corrected chi connectivity index (χ1v) is 5.13. The van der Waals surface area contributed by atoms with Crippen LogP contribution in [0.25, 0.3) is 0 Å². The summed E-state index contributed by atoms with van der Waals surface area (Å²) in [6.07, 6.45) is 3.22. The van der Waals surface area contributed by atoms with Gasteiger partial charge in [-0.15, -0.1) is 0 Å². The molecule has 0 aliphatic carbocycles. The Kier molecular flexibility index (Phi) is 3.51. The predicted octanol–water partition coefficient (Wildman–Crippen LogP) is 2.07. The Balaban J connectivity index is 2.02. The zero-order valence-corrected chi connectivity index (χ0v) is 9.05. The molecule has 0 radical (unpaired) electrons. The van der Waals surface area contributed by atoms with Gasteiger partial charge in [0.15, 0.2) is 0 Å². The average molecular weight is 222 g/mol. The number of nitrogens with zero attached hydrogens (tertiary/aromatic N) is 1. The lowest BCUT2D eigenvalue weighted by Gasteiger charge is -1.97. The Bertz CT molecular complexity index is 553. The summed E-state index contributed by atoms with van der Waals surface area (Å²) >= 11 is 0. The van der Waals surface area contributed by atoms with Crippen molar-refractivity contribution in [2.75, 3.05) is 5.32 Å². The first-order chi connectivity index (χ1) is 8.34. The van der Waals surface area contributed by atoms with Gasteiger partial charge < -0.3 is 5.32 Å². The maximum Gasteiger partial charge on any atom is 0.300 e. The molecular weight excluding hydrogens is 212 g/mol. The molecule has 2 aromatic rings. The second-order valence-electron chi connectivity index (χ2n) is 3.31. The largest absolute Gasteiger partial charge is 0.314 e. The lowest BCUT2D eigenvalue weighted by molar-refractivity contribution is -0.111. The second kappa shape index (κ2) is 5.47. The quantitative estimate of drug-likeness (QED) is 0.750. The third-order valence-electron chi connectivity index (χ3n) is 2.01. The van der Waals surface area contributed by atoms with E-state index in [1.54, 1.807) is 24.5 Å². The SMILES string of the molecule is O=C(C#Cc1ccccc1)Nc1cccnc1. The summed E-state index contributed by atoms with van der Waals surface area (Å²) in [5.74, 6) is 4.96. The molecule has 1 aromatic carbocycles. The van der Waals surface area contributed by atoms with Crippen molar-refractivity contribution < 1.29 is 4.79 Å². The van der Waals surface area contributed by atoms with E-state index >= 15 is 0 Å². The highest BCUT2D eigenvalue weighted by Gasteiger charge is 1.96. The fraction of sp³-hybridized carbons (Fsp3) is 0. The summed E-state index contributed by atoms with van der Waals surface area (Å²) in [4.78, 5) is 15.4. The van der Waals surface area contributed by atoms with Crippen molar-refractivity contribution in [2.45, 2.75) is 0 Å². The summed E-state index contributed by atoms with van der Waals surface area (Å²) in [6, 6.07) is 12.9. The molecule has 3 nitrogen and oxygen atoms in total. The van der Waals surface area contributed by atoms with Gasteiger partial charge in [0.2, 0.25) is 0 Å². The lowest BCUT2D eigenvalue weighted by Crippen LogP contribution is -2.08. The normalized spacial score (nSPS) is 8.94. The van der Waals surface area contributed by atoms with Crippen LogP contribution in [0, 0.1) is 11.8 Å². The molecule has 17 heavy (non-hydrogen) atoms. The Morgan fingerprint density at radius 1 is 1.12 bits per heavy atom. The summed E-state index contributed by atoms with van der Waals surface area (Å²) in [5.41, 5.74) is 1.45. The topological polar surface area (TPSA) is 42.0 Å². The number of anilines is 1. The maximum absolute atomic E-state index is 11.5.